The zero-order valence-electron chi connectivity index (χ0n) is 9.18. The van der Waals surface area contributed by atoms with Crippen LogP contribution in [0, 0.1) is 0 Å². The van der Waals surface area contributed by atoms with Crippen molar-refractivity contribution in [3.05, 3.63) is 33.9 Å². The largest absolute Gasteiger partial charge is 0.492 e. The maximum atomic E-state index is 9.57. The highest BCUT2D eigenvalue weighted by atomic mass is 79.9. The van der Waals surface area contributed by atoms with E-state index >= 15 is 0 Å². The molecule has 3 rings (SSSR count). The van der Waals surface area contributed by atoms with Gasteiger partial charge in [-0.05, 0) is 28.1 Å². The van der Waals surface area contributed by atoms with Gasteiger partial charge in [-0.2, -0.15) is 4.98 Å². The summed E-state index contributed by atoms with van der Waals surface area (Å²) in [5, 5.41) is 9.57. The van der Waals surface area contributed by atoms with Gasteiger partial charge in [0.2, 0.25) is 11.8 Å². The molecule has 2 heterocycles. The van der Waals surface area contributed by atoms with Gasteiger partial charge >= 0.3 is 0 Å². The summed E-state index contributed by atoms with van der Waals surface area (Å²) in [4.78, 5) is 10.8. The van der Waals surface area contributed by atoms with Crippen LogP contribution in [0.2, 0.25) is 0 Å². The Morgan fingerprint density at radius 3 is 2.94 bits per heavy atom. The van der Waals surface area contributed by atoms with Crippen LogP contribution >= 0.6 is 15.9 Å². The van der Waals surface area contributed by atoms with Crippen LogP contribution in [0.15, 0.2) is 27.7 Å². The Kier molecular flexibility index (Phi) is 2.45. The van der Waals surface area contributed by atoms with E-state index in [4.69, 9.17) is 5.73 Å². The summed E-state index contributed by atoms with van der Waals surface area (Å²) in [7, 11) is 0. The van der Waals surface area contributed by atoms with Crippen LogP contribution in [0.1, 0.15) is 11.3 Å². The maximum Gasteiger partial charge on any atom is 0.238 e. The first-order valence-corrected chi connectivity index (χ1v) is 6.03. The van der Waals surface area contributed by atoms with E-state index in [1.165, 1.54) is 0 Å². The first-order valence-electron chi connectivity index (χ1n) is 5.24. The second kappa shape index (κ2) is 3.99. The van der Waals surface area contributed by atoms with E-state index in [1.54, 1.807) is 12.3 Å². The quantitative estimate of drug-likeness (QED) is 0.757. The molecule has 0 saturated carbocycles. The summed E-state index contributed by atoms with van der Waals surface area (Å²) in [5.74, 6) is 0.0700. The number of aliphatic imine (C=N–C) groups is 1. The molecule has 1 aliphatic rings. The lowest BCUT2D eigenvalue weighted by molar-refractivity contribution is 0.456. The van der Waals surface area contributed by atoms with Crippen molar-refractivity contribution in [1.29, 1.82) is 0 Å². The molecule has 2 aromatic rings. The molecule has 1 aliphatic heterocycles. The highest BCUT2D eigenvalue weighted by Crippen LogP contribution is 2.38. The number of aromatic hydroxyl groups is 1. The third kappa shape index (κ3) is 1.70. The van der Waals surface area contributed by atoms with E-state index in [9.17, 15) is 5.11 Å². The molecule has 90 valence electrons. The third-order valence-electron chi connectivity index (χ3n) is 2.66. The van der Waals surface area contributed by atoms with Crippen molar-refractivity contribution in [2.75, 3.05) is 5.73 Å². The first kappa shape index (κ1) is 11.0. The number of H-pyrrole nitrogens is 1. The van der Waals surface area contributed by atoms with Crippen LogP contribution in [-0.2, 0) is 0 Å². The zero-order chi connectivity index (χ0) is 12.7. The SMILES string of the molecule is Nc1nc(O)c(C=C2C=Nc3c(Br)cccc32)[nH]1. The van der Waals surface area contributed by atoms with Gasteiger partial charge in [-0.1, -0.05) is 12.1 Å². The number of nitrogens with one attached hydrogen (secondary N) is 1. The van der Waals surface area contributed by atoms with E-state index in [2.05, 4.69) is 30.9 Å². The Morgan fingerprint density at radius 2 is 2.22 bits per heavy atom. The molecule has 0 radical (unpaired) electrons. The van der Waals surface area contributed by atoms with Gasteiger partial charge in [0.15, 0.2) is 0 Å². The molecular formula is C12H9BrN4O. The number of hydrogen-bond acceptors (Lipinski definition) is 4. The minimum absolute atomic E-state index is 0.114. The van der Waals surface area contributed by atoms with Gasteiger partial charge < -0.3 is 15.8 Å². The molecule has 18 heavy (non-hydrogen) atoms. The van der Waals surface area contributed by atoms with Gasteiger partial charge in [0.1, 0.15) is 5.69 Å². The van der Waals surface area contributed by atoms with E-state index in [0.29, 0.717) is 5.69 Å². The lowest BCUT2D eigenvalue weighted by Crippen LogP contribution is -1.85. The number of halogens is 1. The molecule has 4 N–H and O–H groups in total. The number of allylic oxidation sites excluding steroid dienone is 1. The van der Waals surface area contributed by atoms with Crippen molar-refractivity contribution in [2.45, 2.75) is 0 Å². The maximum absolute atomic E-state index is 9.57. The van der Waals surface area contributed by atoms with Crippen LogP contribution in [-0.4, -0.2) is 21.3 Å². The van der Waals surface area contributed by atoms with Gasteiger partial charge in [0.05, 0.1) is 5.69 Å². The van der Waals surface area contributed by atoms with E-state index in [1.807, 2.05) is 18.2 Å². The standard InChI is InChI=1S/C12H9BrN4O/c13-8-3-1-2-7-6(5-15-10(7)8)4-9-11(18)17-12(14)16-9/h1-5,18H,(H3,14,16,17). The number of nitrogens with zero attached hydrogens (tertiary/aromatic N) is 2. The third-order valence-corrected chi connectivity index (χ3v) is 3.30. The van der Waals surface area contributed by atoms with Crippen molar-refractivity contribution >= 4 is 45.4 Å². The number of aromatic amines is 1. The average Bonchev–Trinajstić information content (AvgIpc) is 2.86. The van der Waals surface area contributed by atoms with Gasteiger partial charge in [0, 0.05) is 21.8 Å². The van der Waals surface area contributed by atoms with Crippen molar-refractivity contribution in [3.63, 3.8) is 0 Å². The Labute approximate surface area is 111 Å². The predicted molar refractivity (Wildman–Crippen MR) is 74.8 cm³/mol. The average molecular weight is 305 g/mol. The molecule has 1 aromatic heterocycles. The first-order chi connectivity index (χ1) is 8.65. The van der Waals surface area contributed by atoms with E-state index in [0.717, 1.165) is 21.3 Å². The molecule has 0 amide bonds. The molecule has 1 aromatic carbocycles. The lowest BCUT2D eigenvalue weighted by atomic mass is 10.1. The number of benzene rings is 1. The molecule has 0 aliphatic carbocycles. The van der Waals surface area contributed by atoms with Crippen LogP contribution in [0.5, 0.6) is 5.88 Å². The number of aromatic nitrogens is 2. The highest BCUT2D eigenvalue weighted by molar-refractivity contribution is 9.10. The lowest BCUT2D eigenvalue weighted by Gasteiger charge is -2.00. The summed E-state index contributed by atoms with van der Waals surface area (Å²) in [6, 6.07) is 5.84. The normalized spacial score (nSPS) is 15.3. The Hall–Kier alpha value is -2.08. The second-order valence-corrected chi connectivity index (χ2v) is 4.71. The molecule has 0 atom stereocenters. The van der Waals surface area contributed by atoms with Crippen molar-refractivity contribution in [1.82, 2.24) is 9.97 Å². The fourth-order valence-electron chi connectivity index (χ4n) is 1.85. The van der Waals surface area contributed by atoms with Crippen LogP contribution in [0.25, 0.3) is 11.6 Å². The van der Waals surface area contributed by atoms with Gasteiger partial charge in [0.25, 0.3) is 0 Å². The number of anilines is 1. The minimum Gasteiger partial charge on any atom is -0.492 e. The van der Waals surface area contributed by atoms with Crippen molar-refractivity contribution in [2.24, 2.45) is 4.99 Å². The number of imidazole rings is 1. The van der Waals surface area contributed by atoms with Gasteiger partial charge in [-0.15, -0.1) is 0 Å². The van der Waals surface area contributed by atoms with E-state index < -0.39 is 0 Å². The molecule has 0 bridgehead atoms. The van der Waals surface area contributed by atoms with Crippen LogP contribution in [0.4, 0.5) is 11.6 Å². The molecule has 6 heteroatoms. The number of fused-ring (bicyclic) bond motifs is 1. The number of para-hydroxylation sites is 1. The molecular weight excluding hydrogens is 296 g/mol. The van der Waals surface area contributed by atoms with Gasteiger partial charge in [-0.25, -0.2) is 0 Å². The highest BCUT2D eigenvalue weighted by Gasteiger charge is 2.15. The smallest absolute Gasteiger partial charge is 0.238 e. The zero-order valence-corrected chi connectivity index (χ0v) is 10.8. The summed E-state index contributed by atoms with van der Waals surface area (Å²) >= 11 is 3.45. The Morgan fingerprint density at radius 1 is 1.39 bits per heavy atom. The fourth-order valence-corrected chi connectivity index (χ4v) is 2.32. The second-order valence-electron chi connectivity index (χ2n) is 3.85. The minimum atomic E-state index is -0.114. The molecule has 5 nitrogen and oxygen atoms in total. The predicted octanol–water partition coefficient (Wildman–Crippen LogP) is 2.72. The number of nitrogens with two attached hydrogens (primary N) is 1. The summed E-state index contributed by atoms with van der Waals surface area (Å²) in [6.07, 6.45) is 3.51. The van der Waals surface area contributed by atoms with Gasteiger partial charge in [-0.3, -0.25) is 4.99 Å². The molecule has 0 fully saturated rings. The summed E-state index contributed by atoms with van der Waals surface area (Å²) in [5.41, 5.74) is 8.73. The Bertz CT molecular complexity index is 687. The van der Waals surface area contributed by atoms with Crippen molar-refractivity contribution in [3.8, 4) is 5.88 Å². The monoisotopic (exact) mass is 304 g/mol. The molecule has 0 spiro atoms. The summed E-state index contributed by atoms with van der Waals surface area (Å²) in [6.45, 7) is 0. The number of nitrogen functional groups attached to an aromatic ring is 1. The molecule has 0 unspecified atom stereocenters. The topological polar surface area (TPSA) is 87.3 Å². The fraction of sp³-hybridized carbons (Fsp3) is 0. The van der Waals surface area contributed by atoms with E-state index in [-0.39, 0.29) is 11.8 Å². The summed E-state index contributed by atoms with van der Waals surface area (Å²) < 4.78 is 0.938. The number of hydrogen-bond donors (Lipinski definition) is 3. The van der Waals surface area contributed by atoms with Crippen LogP contribution < -0.4 is 5.73 Å². The molecule has 0 saturated heterocycles. The Balaban J connectivity index is 2.10. The van der Waals surface area contributed by atoms with Crippen molar-refractivity contribution < 1.29 is 5.11 Å². The number of rotatable bonds is 1. The van der Waals surface area contributed by atoms with Crippen LogP contribution in [0.3, 0.4) is 0 Å².